The van der Waals surface area contributed by atoms with Crippen LogP contribution in [0, 0.1) is 13.8 Å². The minimum atomic E-state index is -1.98. The predicted octanol–water partition coefficient (Wildman–Crippen LogP) is 5.82. The third-order valence-electron chi connectivity index (χ3n) is 4.43. The van der Waals surface area contributed by atoms with E-state index in [9.17, 15) is 0 Å². The van der Waals surface area contributed by atoms with E-state index in [1.54, 1.807) is 15.2 Å². The van der Waals surface area contributed by atoms with Crippen LogP contribution in [0.5, 0.6) is 0 Å². The molecule has 1 aromatic carbocycles. The van der Waals surface area contributed by atoms with Crippen LogP contribution < -0.4 is 5.79 Å². The van der Waals surface area contributed by atoms with E-state index >= 15 is 0 Å². The van der Waals surface area contributed by atoms with Gasteiger partial charge in [-0.05, 0) is 0 Å². The molecule has 4 heteroatoms. The van der Waals surface area contributed by atoms with Gasteiger partial charge in [0.05, 0.1) is 0 Å². The van der Waals surface area contributed by atoms with Crippen LogP contribution in [-0.2, 0) is 0 Å². The quantitative estimate of drug-likeness (QED) is 0.357. The molecule has 0 spiro atoms. The summed E-state index contributed by atoms with van der Waals surface area (Å²) in [5.74, 6) is 0. The molecule has 0 unspecified atom stereocenters. The summed E-state index contributed by atoms with van der Waals surface area (Å²) in [5, 5.41) is 3.07. The summed E-state index contributed by atoms with van der Waals surface area (Å²) in [6.45, 7) is 4.69. The second-order valence-corrected chi connectivity index (χ2v) is 41.4. The van der Waals surface area contributed by atoms with Crippen LogP contribution in [0.15, 0.2) is 12.1 Å². The Hall–Kier alpha value is 0.737. The molecule has 0 atom stereocenters. The molecule has 118 valence electrons. The first-order chi connectivity index (χ1) is 10.00. The summed E-state index contributed by atoms with van der Waals surface area (Å²) in [6, 6.07) is 5.08. The summed E-state index contributed by atoms with van der Waals surface area (Å²) in [4.78, 5) is 15.2. The Morgan fingerprint density at radius 1 is 0.636 bits per heavy atom. The van der Waals surface area contributed by atoms with Crippen molar-refractivity contribution in [3.05, 3.63) is 23.3 Å². The first-order valence-electron chi connectivity index (χ1n) is 7.97. The minimum absolute atomic E-state index is 1.53. The molecule has 0 nitrogen and oxygen atoms in total. The number of hydrogen-bond donors (Lipinski definition) is 0. The van der Waals surface area contributed by atoms with Gasteiger partial charge < -0.3 is 0 Å². The molecular formula is C18H26S2Sn2. The monoisotopic (exact) mass is 546 g/mol. The Morgan fingerprint density at radius 2 is 0.955 bits per heavy atom. The topological polar surface area (TPSA) is 0 Å². The Labute approximate surface area is 150 Å². The first kappa shape index (κ1) is 17.6. The molecule has 3 aromatic rings. The number of benzene rings is 1. The molecule has 0 fully saturated rings. The van der Waals surface area contributed by atoms with Crippen molar-refractivity contribution >= 4 is 85.4 Å². The fourth-order valence-electron chi connectivity index (χ4n) is 2.88. The van der Waals surface area contributed by atoms with Crippen LogP contribution >= 0.6 is 22.7 Å². The summed E-state index contributed by atoms with van der Waals surface area (Å²) >= 11 is 0.231. The summed E-state index contributed by atoms with van der Waals surface area (Å²) in [6.07, 6.45) is 0. The molecule has 0 radical (unpaired) electrons. The van der Waals surface area contributed by atoms with Gasteiger partial charge in [0.25, 0.3) is 0 Å². The van der Waals surface area contributed by atoms with Crippen molar-refractivity contribution in [3.63, 3.8) is 0 Å². The second-order valence-electron chi connectivity index (χ2n) is 8.46. The average molecular weight is 544 g/mol. The zero-order valence-corrected chi connectivity index (χ0v) is 22.3. The van der Waals surface area contributed by atoms with Gasteiger partial charge in [0.1, 0.15) is 0 Å². The van der Waals surface area contributed by atoms with Crippen LogP contribution in [0.25, 0.3) is 20.2 Å². The normalized spacial score (nSPS) is 13.5. The number of thiophene rings is 2. The molecule has 0 amide bonds. The number of fused-ring (bicyclic) bond motifs is 2. The molecule has 0 bridgehead atoms. The Morgan fingerprint density at radius 3 is 1.23 bits per heavy atom. The van der Waals surface area contributed by atoms with Gasteiger partial charge in [0.2, 0.25) is 0 Å². The Balaban J connectivity index is 2.38. The van der Waals surface area contributed by atoms with Crippen LogP contribution in [0.1, 0.15) is 11.1 Å². The summed E-state index contributed by atoms with van der Waals surface area (Å²) in [5.41, 5.74) is 3.06. The first-order valence-corrected chi connectivity index (χ1v) is 29.6. The van der Waals surface area contributed by atoms with Crippen molar-refractivity contribution in [2.24, 2.45) is 0 Å². The van der Waals surface area contributed by atoms with E-state index in [1.165, 1.54) is 21.9 Å². The fraction of sp³-hybridized carbons (Fsp3) is 0.444. The molecule has 0 aliphatic carbocycles. The summed E-state index contributed by atoms with van der Waals surface area (Å²) in [7, 11) is 0. The molecule has 3 rings (SSSR count). The third-order valence-corrected chi connectivity index (χ3v) is 25.8. The average Bonchev–Trinajstić information content (AvgIpc) is 2.99. The maximum absolute atomic E-state index is 2.54. The third kappa shape index (κ3) is 2.90. The molecular weight excluding hydrogens is 518 g/mol. The van der Waals surface area contributed by atoms with Crippen molar-refractivity contribution in [1.82, 2.24) is 0 Å². The van der Waals surface area contributed by atoms with Crippen LogP contribution in [0.3, 0.4) is 0 Å². The van der Waals surface area contributed by atoms with Crippen LogP contribution in [0.2, 0.25) is 29.6 Å². The summed E-state index contributed by atoms with van der Waals surface area (Å²) < 4.78 is 6.53. The predicted molar refractivity (Wildman–Crippen MR) is 113 cm³/mol. The molecule has 0 aliphatic heterocycles. The van der Waals surface area contributed by atoms with Crippen molar-refractivity contribution < 1.29 is 0 Å². The molecule has 2 aromatic heterocycles. The van der Waals surface area contributed by atoms with Crippen molar-refractivity contribution in [3.8, 4) is 0 Å². The van der Waals surface area contributed by atoms with Crippen LogP contribution in [0.4, 0.5) is 0 Å². The van der Waals surface area contributed by atoms with Crippen molar-refractivity contribution in [1.29, 1.82) is 0 Å². The zero-order chi connectivity index (χ0) is 16.4. The molecule has 0 aliphatic rings. The van der Waals surface area contributed by atoms with Gasteiger partial charge in [0.15, 0.2) is 0 Å². The van der Waals surface area contributed by atoms with Gasteiger partial charge in [-0.2, -0.15) is 0 Å². The number of rotatable bonds is 2. The standard InChI is InChI=1S/C12H8S2.6CH3.2Sn/c1-7-9-3-5-14-12(9)8(2)10-4-6-13-11(7)10;;;;;;;;/h3-4H,1-2H3;6*1H3;;. The Bertz CT molecular complexity index is 744. The van der Waals surface area contributed by atoms with Gasteiger partial charge in [-0.3, -0.25) is 0 Å². The number of aryl methyl sites for hydroxylation is 2. The number of hydrogen-bond acceptors (Lipinski definition) is 2. The van der Waals surface area contributed by atoms with Gasteiger partial charge in [0, 0.05) is 0 Å². The van der Waals surface area contributed by atoms with Gasteiger partial charge in [-0.25, -0.2) is 0 Å². The van der Waals surface area contributed by atoms with Gasteiger partial charge >= 0.3 is 152 Å². The van der Waals surface area contributed by atoms with Crippen molar-refractivity contribution in [2.75, 3.05) is 0 Å². The molecule has 0 N–H and O–H groups in total. The van der Waals surface area contributed by atoms with Crippen LogP contribution in [-0.4, -0.2) is 36.8 Å². The van der Waals surface area contributed by atoms with Crippen molar-refractivity contribution in [2.45, 2.75) is 43.5 Å². The molecule has 2 heterocycles. The molecule has 0 saturated heterocycles. The van der Waals surface area contributed by atoms with Gasteiger partial charge in [-0.15, -0.1) is 0 Å². The Kier molecular flexibility index (Phi) is 4.50. The maximum atomic E-state index is 2.54. The van der Waals surface area contributed by atoms with Gasteiger partial charge in [-0.1, -0.05) is 0 Å². The SMILES string of the molecule is Cc1c2c[c]([Sn]([CH3])([CH3])[CH3])sc2c(C)c2c[c]([Sn]([CH3])([CH3])[CH3])sc12. The van der Waals surface area contributed by atoms with E-state index < -0.39 is 36.8 Å². The molecule has 0 saturated carbocycles. The molecule has 22 heavy (non-hydrogen) atoms. The van der Waals surface area contributed by atoms with E-state index in [2.05, 4.69) is 78.3 Å². The fourth-order valence-corrected chi connectivity index (χ4v) is 15.7. The zero-order valence-electron chi connectivity index (χ0n) is 15.0. The second kappa shape index (κ2) is 5.63. The van der Waals surface area contributed by atoms with E-state index in [4.69, 9.17) is 0 Å². The van der Waals surface area contributed by atoms with E-state index in [1.807, 2.05) is 0 Å². The van der Waals surface area contributed by atoms with E-state index in [-0.39, 0.29) is 0 Å². The van der Waals surface area contributed by atoms with E-state index in [0.29, 0.717) is 0 Å². The van der Waals surface area contributed by atoms with E-state index in [0.717, 1.165) is 0 Å².